The first-order chi connectivity index (χ1) is 10.1. The molecule has 2 aromatic carbocycles. The third kappa shape index (κ3) is 2.92. The molecule has 1 amide bonds. The van der Waals surface area contributed by atoms with Gasteiger partial charge < -0.3 is 10.4 Å². The van der Waals surface area contributed by atoms with E-state index in [-0.39, 0.29) is 16.7 Å². The van der Waals surface area contributed by atoms with E-state index in [0.717, 1.165) is 11.3 Å². The SMILES string of the molecule is O=C(O)c1ccc(NC(=O)C2Cc3ccccc3S2)cc1. The summed E-state index contributed by atoms with van der Waals surface area (Å²) in [7, 11) is 0. The zero-order valence-electron chi connectivity index (χ0n) is 11.1. The summed E-state index contributed by atoms with van der Waals surface area (Å²) in [6.07, 6.45) is 0.722. The van der Waals surface area contributed by atoms with Crippen molar-refractivity contribution in [1.82, 2.24) is 0 Å². The van der Waals surface area contributed by atoms with Gasteiger partial charge in [-0.1, -0.05) is 18.2 Å². The molecule has 1 atom stereocenters. The Balaban J connectivity index is 1.66. The number of thioether (sulfide) groups is 1. The van der Waals surface area contributed by atoms with Gasteiger partial charge in [-0.25, -0.2) is 4.79 Å². The summed E-state index contributed by atoms with van der Waals surface area (Å²) >= 11 is 1.57. The molecule has 2 aromatic rings. The van der Waals surface area contributed by atoms with E-state index in [1.807, 2.05) is 24.3 Å². The summed E-state index contributed by atoms with van der Waals surface area (Å²) in [5.41, 5.74) is 2.01. The number of anilines is 1. The summed E-state index contributed by atoms with van der Waals surface area (Å²) in [6, 6.07) is 14.2. The Hall–Kier alpha value is -2.27. The molecule has 0 saturated heterocycles. The van der Waals surface area contributed by atoms with E-state index in [1.54, 1.807) is 23.9 Å². The summed E-state index contributed by atoms with van der Waals surface area (Å²) in [5, 5.41) is 11.5. The van der Waals surface area contributed by atoms with Crippen LogP contribution in [-0.4, -0.2) is 22.2 Å². The van der Waals surface area contributed by atoms with Crippen molar-refractivity contribution in [1.29, 1.82) is 0 Å². The van der Waals surface area contributed by atoms with Crippen LogP contribution < -0.4 is 5.32 Å². The van der Waals surface area contributed by atoms with Crippen LogP contribution >= 0.6 is 11.8 Å². The lowest BCUT2D eigenvalue weighted by Gasteiger charge is -2.10. The Morgan fingerprint density at radius 1 is 1.10 bits per heavy atom. The molecule has 1 aliphatic rings. The molecule has 0 bridgehead atoms. The van der Waals surface area contributed by atoms with Crippen molar-refractivity contribution >= 4 is 29.3 Å². The lowest BCUT2D eigenvalue weighted by molar-refractivity contribution is -0.115. The number of carbonyl (C=O) groups excluding carboxylic acids is 1. The monoisotopic (exact) mass is 299 g/mol. The molecule has 106 valence electrons. The molecular weight excluding hydrogens is 286 g/mol. The van der Waals surface area contributed by atoms with E-state index in [4.69, 9.17) is 5.11 Å². The number of amides is 1. The molecule has 0 spiro atoms. The molecule has 1 heterocycles. The number of hydrogen-bond acceptors (Lipinski definition) is 3. The van der Waals surface area contributed by atoms with Gasteiger partial charge in [0.15, 0.2) is 0 Å². The van der Waals surface area contributed by atoms with Gasteiger partial charge in [-0.3, -0.25) is 4.79 Å². The predicted octanol–water partition coefficient (Wildman–Crippen LogP) is 3.04. The number of carbonyl (C=O) groups is 2. The Bertz CT molecular complexity index is 672. The van der Waals surface area contributed by atoms with Crippen LogP contribution in [0.4, 0.5) is 5.69 Å². The van der Waals surface area contributed by atoms with Gasteiger partial charge in [0.05, 0.1) is 10.8 Å². The van der Waals surface area contributed by atoms with Gasteiger partial charge in [0.2, 0.25) is 5.91 Å². The van der Waals surface area contributed by atoms with Crippen LogP contribution in [0.3, 0.4) is 0 Å². The molecule has 4 nitrogen and oxygen atoms in total. The Labute approximate surface area is 126 Å². The van der Waals surface area contributed by atoms with Crippen molar-refractivity contribution in [2.75, 3.05) is 5.32 Å². The maximum Gasteiger partial charge on any atom is 0.335 e. The van der Waals surface area contributed by atoms with Crippen molar-refractivity contribution in [3.8, 4) is 0 Å². The second kappa shape index (κ2) is 5.61. The highest BCUT2D eigenvalue weighted by Gasteiger charge is 2.27. The molecule has 3 rings (SSSR count). The van der Waals surface area contributed by atoms with E-state index in [2.05, 4.69) is 5.32 Å². The van der Waals surface area contributed by atoms with Gasteiger partial charge in [0.25, 0.3) is 0 Å². The third-order valence-corrected chi connectivity index (χ3v) is 4.66. The van der Waals surface area contributed by atoms with Crippen molar-refractivity contribution < 1.29 is 14.7 Å². The highest BCUT2D eigenvalue weighted by Crippen LogP contribution is 2.37. The number of fused-ring (bicyclic) bond motifs is 1. The molecule has 0 radical (unpaired) electrons. The Kier molecular flexibility index (Phi) is 3.66. The van der Waals surface area contributed by atoms with E-state index >= 15 is 0 Å². The Morgan fingerprint density at radius 2 is 1.81 bits per heavy atom. The number of nitrogens with one attached hydrogen (secondary N) is 1. The summed E-state index contributed by atoms with van der Waals surface area (Å²) in [4.78, 5) is 24.2. The van der Waals surface area contributed by atoms with E-state index < -0.39 is 5.97 Å². The quantitative estimate of drug-likeness (QED) is 0.914. The standard InChI is InChI=1S/C16H13NO3S/c18-15(14-9-11-3-1-2-4-13(11)21-14)17-12-7-5-10(6-8-12)16(19)20/h1-8,14H,9H2,(H,17,18)(H,19,20). The van der Waals surface area contributed by atoms with Crippen LogP contribution in [0.1, 0.15) is 15.9 Å². The number of rotatable bonds is 3. The average molecular weight is 299 g/mol. The number of carboxylic acid groups (broad SMARTS) is 1. The molecule has 2 N–H and O–H groups in total. The Morgan fingerprint density at radius 3 is 2.48 bits per heavy atom. The lowest BCUT2D eigenvalue weighted by Crippen LogP contribution is -2.24. The molecule has 1 aliphatic heterocycles. The van der Waals surface area contributed by atoms with E-state index in [1.165, 1.54) is 17.7 Å². The van der Waals surface area contributed by atoms with E-state index in [0.29, 0.717) is 5.69 Å². The van der Waals surface area contributed by atoms with Crippen molar-refractivity contribution in [3.05, 3.63) is 59.7 Å². The van der Waals surface area contributed by atoms with Crippen LogP contribution in [0.2, 0.25) is 0 Å². The minimum Gasteiger partial charge on any atom is -0.478 e. The van der Waals surface area contributed by atoms with Crippen LogP contribution in [0.5, 0.6) is 0 Å². The van der Waals surface area contributed by atoms with Gasteiger partial charge in [-0.15, -0.1) is 11.8 Å². The van der Waals surface area contributed by atoms with Gasteiger partial charge in [0, 0.05) is 10.6 Å². The number of hydrogen-bond donors (Lipinski definition) is 2. The molecular formula is C16H13NO3S. The fourth-order valence-electron chi connectivity index (χ4n) is 2.25. The maximum atomic E-state index is 12.3. The van der Waals surface area contributed by atoms with Crippen molar-refractivity contribution in [2.45, 2.75) is 16.6 Å². The van der Waals surface area contributed by atoms with Gasteiger partial charge in [0.1, 0.15) is 0 Å². The van der Waals surface area contributed by atoms with Gasteiger partial charge in [-0.2, -0.15) is 0 Å². The maximum absolute atomic E-state index is 12.3. The van der Waals surface area contributed by atoms with E-state index in [9.17, 15) is 9.59 Å². The molecule has 5 heteroatoms. The highest BCUT2D eigenvalue weighted by molar-refractivity contribution is 8.01. The predicted molar refractivity (Wildman–Crippen MR) is 81.8 cm³/mol. The molecule has 0 aromatic heterocycles. The zero-order chi connectivity index (χ0) is 14.8. The van der Waals surface area contributed by atoms with Gasteiger partial charge >= 0.3 is 5.97 Å². The topological polar surface area (TPSA) is 66.4 Å². The summed E-state index contributed by atoms with van der Waals surface area (Å²) in [6.45, 7) is 0. The minimum absolute atomic E-state index is 0.0562. The first-order valence-electron chi connectivity index (χ1n) is 6.52. The average Bonchev–Trinajstić information content (AvgIpc) is 2.92. The molecule has 0 fully saturated rings. The summed E-state index contributed by atoms with van der Waals surface area (Å²) < 4.78 is 0. The van der Waals surface area contributed by atoms with Crippen LogP contribution in [0.15, 0.2) is 53.4 Å². The number of aromatic carboxylic acids is 1. The third-order valence-electron chi connectivity index (χ3n) is 3.34. The molecule has 1 unspecified atom stereocenters. The molecule has 21 heavy (non-hydrogen) atoms. The minimum atomic E-state index is -0.977. The largest absolute Gasteiger partial charge is 0.478 e. The second-order valence-electron chi connectivity index (χ2n) is 4.79. The normalized spacial score (nSPS) is 16.3. The molecule has 0 aliphatic carbocycles. The van der Waals surface area contributed by atoms with Crippen LogP contribution in [-0.2, 0) is 11.2 Å². The fraction of sp³-hybridized carbons (Fsp3) is 0.125. The van der Waals surface area contributed by atoms with Crippen molar-refractivity contribution in [3.63, 3.8) is 0 Å². The van der Waals surface area contributed by atoms with Crippen molar-refractivity contribution in [2.24, 2.45) is 0 Å². The second-order valence-corrected chi connectivity index (χ2v) is 6.03. The smallest absolute Gasteiger partial charge is 0.335 e. The number of carboxylic acids is 1. The zero-order valence-corrected chi connectivity index (χ0v) is 11.9. The summed E-state index contributed by atoms with van der Waals surface area (Å²) in [5.74, 6) is -1.03. The first-order valence-corrected chi connectivity index (χ1v) is 7.40. The first kappa shape index (κ1) is 13.7. The van der Waals surface area contributed by atoms with Crippen LogP contribution in [0, 0.1) is 0 Å². The fourth-order valence-corrected chi connectivity index (χ4v) is 3.44. The van der Waals surface area contributed by atoms with Gasteiger partial charge in [-0.05, 0) is 42.3 Å². The van der Waals surface area contributed by atoms with Crippen LogP contribution in [0.25, 0.3) is 0 Å². The number of benzene rings is 2. The lowest BCUT2D eigenvalue weighted by atomic mass is 10.1. The molecule has 0 saturated carbocycles. The highest BCUT2D eigenvalue weighted by atomic mass is 32.2.